The molecular formula is C16H17BrFNO. The first-order chi connectivity index (χ1) is 9.60. The van der Waals surface area contributed by atoms with Gasteiger partial charge in [0.15, 0.2) is 0 Å². The van der Waals surface area contributed by atoms with Crippen LogP contribution in [0.1, 0.15) is 24.1 Å². The van der Waals surface area contributed by atoms with Crippen molar-refractivity contribution in [1.29, 1.82) is 0 Å². The molecule has 20 heavy (non-hydrogen) atoms. The van der Waals surface area contributed by atoms with Gasteiger partial charge in [0.25, 0.3) is 0 Å². The van der Waals surface area contributed by atoms with Crippen LogP contribution in [0.5, 0.6) is 5.75 Å². The first-order valence-corrected chi connectivity index (χ1v) is 7.31. The molecule has 2 aromatic rings. The minimum atomic E-state index is -0.232. The Labute approximate surface area is 126 Å². The molecule has 0 aromatic heterocycles. The Bertz CT molecular complexity index is 571. The van der Waals surface area contributed by atoms with Gasteiger partial charge in [-0.05, 0) is 48.7 Å². The number of hydrogen-bond acceptors (Lipinski definition) is 2. The molecule has 2 N–H and O–H groups in total. The van der Waals surface area contributed by atoms with Crippen LogP contribution in [-0.2, 0) is 6.42 Å². The number of benzene rings is 2. The van der Waals surface area contributed by atoms with E-state index in [1.54, 1.807) is 12.1 Å². The lowest BCUT2D eigenvalue weighted by atomic mass is 9.99. The van der Waals surface area contributed by atoms with E-state index >= 15 is 0 Å². The van der Waals surface area contributed by atoms with Gasteiger partial charge < -0.3 is 10.5 Å². The molecule has 2 rings (SSSR count). The summed E-state index contributed by atoms with van der Waals surface area (Å²) in [5, 5.41) is 0. The zero-order valence-corrected chi connectivity index (χ0v) is 12.9. The van der Waals surface area contributed by atoms with E-state index < -0.39 is 0 Å². The lowest BCUT2D eigenvalue weighted by Gasteiger charge is -2.15. The number of rotatable bonds is 5. The molecule has 0 spiro atoms. The van der Waals surface area contributed by atoms with E-state index in [1.807, 2.05) is 25.1 Å². The van der Waals surface area contributed by atoms with Crippen LogP contribution in [0.3, 0.4) is 0 Å². The van der Waals surface area contributed by atoms with Crippen LogP contribution < -0.4 is 10.5 Å². The zero-order chi connectivity index (χ0) is 14.5. The quantitative estimate of drug-likeness (QED) is 0.886. The minimum Gasteiger partial charge on any atom is -0.494 e. The van der Waals surface area contributed by atoms with Crippen molar-refractivity contribution in [2.24, 2.45) is 5.73 Å². The second kappa shape index (κ2) is 6.86. The molecule has 0 radical (unpaired) electrons. The predicted molar refractivity (Wildman–Crippen MR) is 82.3 cm³/mol. The molecule has 0 saturated carbocycles. The second-order valence-corrected chi connectivity index (χ2v) is 5.41. The molecule has 106 valence electrons. The van der Waals surface area contributed by atoms with Gasteiger partial charge in [0.2, 0.25) is 0 Å². The van der Waals surface area contributed by atoms with Gasteiger partial charge in [-0.2, -0.15) is 0 Å². The fourth-order valence-electron chi connectivity index (χ4n) is 2.05. The van der Waals surface area contributed by atoms with Crippen LogP contribution in [0.2, 0.25) is 0 Å². The third kappa shape index (κ3) is 3.81. The largest absolute Gasteiger partial charge is 0.494 e. The van der Waals surface area contributed by atoms with Crippen molar-refractivity contribution < 1.29 is 9.13 Å². The molecule has 0 heterocycles. The van der Waals surface area contributed by atoms with Gasteiger partial charge in [-0.25, -0.2) is 4.39 Å². The number of hydrogen-bond donors (Lipinski definition) is 1. The van der Waals surface area contributed by atoms with Crippen molar-refractivity contribution in [2.75, 3.05) is 6.61 Å². The Kier molecular flexibility index (Phi) is 5.15. The average molecular weight is 338 g/mol. The van der Waals surface area contributed by atoms with Gasteiger partial charge in [-0.3, -0.25) is 0 Å². The normalized spacial score (nSPS) is 12.2. The van der Waals surface area contributed by atoms with Gasteiger partial charge in [0, 0.05) is 10.5 Å². The van der Waals surface area contributed by atoms with E-state index in [9.17, 15) is 4.39 Å². The van der Waals surface area contributed by atoms with Crippen LogP contribution in [0.15, 0.2) is 46.9 Å². The summed E-state index contributed by atoms with van der Waals surface area (Å²) in [5.74, 6) is 0.585. The Morgan fingerprint density at radius 3 is 2.50 bits per heavy atom. The molecule has 0 saturated heterocycles. The van der Waals surface area contributed by atoms with E-state index in [0.717, 1.165) is 21.3 Å². The summed E-state index contributed by atoms with van der Waals surface area (Å²) >= 11 is 3.52. The van der Waals surface area contributed by atoms with E-state index in [1.165, 1.54) is 12.1 Å². The fraction of sp³-hybridized carbons (Fsp3) is 0.250. The SMILES string of the molecule is CCOc1ccc(C(N)Cc2ccc(F)cc2)c(Br)c1. The summed E-state index contributed by atoms with van der Waals surface area (Å²) in [6.07, 6.45) is 0.660. The lowest BCUT2D eigenvalue weighted by molar-refractivity contribution is 0.340. The maximum absolute atomic E-state index is 12.9. The Balaban J connectivity index is 2.12. The van der Waals surface area contributed by atoms with Crippen molar-refractivity contribution in [3.63, 3.8) is 0 Å². The highest BCUT2D eigenvalue weighted by molar-refractivity contribution is 9.10. The van der Waals surface area contributed by atoms with Crippen molar-refractivity contribution in [2.45, 2.75) is 19.4 Å². The van der Waals surface area contributed by atoms with Crippen LogP contribution in [-0.4, -0.2) is 6.61 Å². The third-order valence-corrected chi connectivity index (χ3v) is 3.74. The summed E-state index contributed by atoms with van der Waals surface area (Å²) in [6, 6.07) is 12.1. The molecule has 0 fully saturated rings. The molecule has 1 atom stereocenters. The highest BCUT2D eigenvalue weighted by Gasteiger charge is 2.11. The number of ether oxygens (including phenoxy) is 1. The highest BCUT2D eigenvalue weighted by Crippen LogP contribution is 2.28. The highest BCUT2D eigenvalue weighted by atomic mass is 79.9. The summed E-state index contributed by atoms with van der Waals surface area (Å²) in [7, 11) is 0. The maximum atomic E-state index is 12.9. The topological polar surface area (TPSA) is 35.2 Å². The summed E-state index contributed by atoms with van der Waals surface area (Å²) in [5.41, 5.74) is 8.25. The maximum Gasteiger partial charge on any atom is 0.123 e. The first kappa shape index (κ1) is 15.0. The second-order valence-electron chi connectivity index (χ2n) is 4.55. The molecule has 0 bridgehead atoms. The van der Waals surface area contributed by atoms with Crippen molar-refractivity contribution in [3.8, 4) is 5.75 Å². The standard InChI is InChI=1S/C16H17BrFNO/c1-2-20-13-7-8-14(15(17)10-13)16(19)9-11-3-5-12(18)6-4-11/h3-8,10,16H,2,9,19H2,1H3. The summed E-state index contributed by atoms with van der Waals surface area (Å²) in [4.78, 5) is 0. The summed E-state index contributed by atoms with van der Waals surface area (Å²) < 4.78 is 19.2. The molecule has 4 heteroatoms. The Hall–Kier alpha value is -1.39. The fourth-order valence-corrected chi connectivity index (χ4v) is 2.70. The first-order valence-electron chi connectivity index (χ1n) is 6.52. The van der Waals surface area contributed by atoms with Crippen molar-refractivity contribution >= 4 is 15.9 Å². The average Bonchev–Trinajstić information content (AvgIpc) is 2.42. The molecule has 0 aliphatic heterocycles. The monoisotopic (exact) mass is 337 g/mol. The molecule has 0 amide bonds. The van der Waals surface area contributed by atoms with Gasteiger partial charge in [-0.1, -0.05) is 34.1 Å². The van der Waals surface area contributed by atoms with Crippen molar-refractivity contribution in [3.05, 3.63) is 63.9 Å². The van der Waals surface area contributed by atoms with E-state index in [-0.39, 0.29) is 11.9 Å². The van der Waals surface area contributed by atoms with Gasteiger partial charge >= 0.3 is 0 Å². The number of nitrogens with two attached hydrogens (primary N) is 1. The van der Waals surface area contributed by atoms with Gasteiger partial charge in [-0.15, -0.1) is 0 Å². The summed E-state index contributed by atoms with van der Waals surface area (Å²) in [6.45, 7) is 2.58. The molecule has 2 aromatic carbocycles. The number of halogens is 2. The lowest BCUT2D eigenvalue weighted by Crippen LogP contribution is -2.14. The minimum absolute atomic E-state index is 0.148. The Morgan fingerprint density at radius 2 is 1.90 bits per heavy atom. The van der Waals surface area contributed by atoms with Crippen molar-refractivity contribution in [1.82, 2.24) is 0 Å². The van der Waals surface area contributed by atoms with Gasteiger partial charge in [0.1, 0.15) is 11.6 Å². The predicted octanol–water partition coefficient (Wildman–Crippen LogP) is 4.23. The van der Waals surface area contributed by atoms with E-state index in [4.69, 9.17) is 10.5 Å². The van der Waals surface area contributed by atoms with Gasteiger partial charge in [0.05, 0.1) is 6.61 Å². The molecular weight excluding hydrogens is 321 g/mol. The van der Waals surface area contributed by atoms with Crippen LogP contribution in [0.25, 0.3) is 0 Å². The molecule has 1 unspecified atom stereocenters. The van der Waals surface area contributed by atoms with E-state index in [2.05, 4.69) is 15.9 Å². The third-order valence-electron chi connectivity index (χ3n) is 3.05. The molecule has 0 aliphatic rings. The van der Waals surface area contributed by atoms with E-state index in [0.29, 0.717) is 13.0 Å². The molecule has 2 nitrogen and oxygen atoms in total. The zero-order valence-electron chi connectivity index (χ0n) is 11.3. The van der Waals surface area contributed by atoms with Crippen LogP contribution >= 0.6 is 15.9 Å². The van der Waals surface area contributed by atoms with Crippen LogP contribution in [0, 0.1) is 5.82 Å². The Morgan fingerprint density at radius 1 is 1.20 bits per heavy atom. The molecule has 0 aliphatic carbocycles. The van der Waals surface area contributed by atoms with Crippen LogP contribution in [0.4, 0.5) is 4.39 Å². The smallest absolute Gasteiger partial charge is 0.123 e.